The summed E-state index contributed by atoms with van der Waals surface area (Å²) in [5, 5.41) is 0.615. The molecule has 3 heteroatoms. The Labute approximate surface area is 128 Å². The summed E-state index contributed by atoms with van der Waals surface area (Å²) in [6, 6.07) is 18.1. The molecule has 0 fully saturated rings. The summed E-state index contributed by atoms with van der Waals surface area (Å²) in [4.78, 5) is 11.8. The normalized spacial score (nSPS) is 10.8. The Morgan fingerprint density at radius 2 is 1.74 bits per heavy atom. The molecule has 0 spiro atoms. The molecular weight excluding hydrogens is 367 g/mol. The van der Waals surface area contributed by atoms with Crippen LogP contribution in [0.3, 0.4) is 0 Å². The average Bonchev–Trinajstić information content (AvgIpc) is 2.45. The van der Waals surface area contributed by atoms with Crippen molar-refractivity contribution in [2.75, 3.05) is 0 Å². The number of carbonyl (C=O) groups is 1. The number of rotatable bonds is 5. The van der Waals surface area contributed by atoms with Crippen molar-refractivity contribution in [2.45, 2.75) is 5.32 Å². The van der Waals surface area contributed by atoms with Gasteiger partial charge in [0, 0.05) is 0 Å². The van der Waals surface area contributed by atoms with Crippen molar-refractivity contribution in [1.82, 2.24) is 0 Å². The summed E-state index contributed by atoms with van der Waals surface area (Å²) in [5.41, 5.74) is 1.05. The third-order valence-corrected chi connectivity index (χ3v) is 5.15. The van der Waals surface area contributed by atoms with Gasteiger partial charge in [0.2, 0.25) is 0 Å². The summed E-state index contributed by atoms with van der Waals surface area (Å²) in [5.74, 6) is 0.187. The van der Waals surface area contributed by atoms with Gasteiger partial charge in [-0.2, -0.15) is 0 Å². The molecule has 0 saturated carbocycles. The van der Waals surface area contributed by atoms with Crippen LogP contribution in [-0.4, -0.2) is 20.7 Å². The van der Waals surface area contributed by atoms with Gasteiger partial charge >= 0.3 is 128 Å². The predicted molar refractivity (Wildman–Crippen MR) is 84.8 cm³/mol. The first-order valence-corrected chi connectivity index (χ1v) is 8.74. The van der Waals surface area contributed by atoms with E-state index in [1.807, 2.05) is 48.5 Å². The molecule has 2 aromatic rings. The van der Waals surface area contributed by atoms with Crippen LogP contribution in [0.25, 0.3) is 6.08 Å². The van der Waals surface area contributed by atoms with Gasteiger partial charge in [0.25, 0.3) is 0 Å². The Kier molecular flexibility index (Phi) is 5.59. The number of hydrogen-bond donors (Lipinski definition) is 0. The van der Waals surface area contributed by atoms with Crippen molar-refractivity contribution in [3.63, 3.8) is 0 Å². The maximum absolute atomic E-state index is 11.8. The molecule has 0 bridgehead atoms. The fraction of sp³-hybridized carbons (Fsp3) is 0.0625. The second kappa shape index (κ2) is 7.44. The molecule has 0 heterocycles. The first kappa shape index (κ1) is 14.3. The molecule has 2 aromatic carbocycles. The second-order valence-electron chi connectivity index (χ2n) is 3.95. The van der Waals surface area contributed by atoms with Crippen molar-refractivity contribution >= 4 is 47.2 Å². The summed E-state index contributed by atoms with van der Waals surface area (Å²) in [6.07, 6.45) is 3.55. The predicted octanol–water partition coefficient (Wildman–Crippen LogP) is 3.48. The monoisotopic (exact) mass is 380 g/mol. The van der Waals surface area contributed by atoms with Crippen LogP contribution >= 0.6 is 15.9 Å². The van der Waals surface area contributed by atoms with E-state index < -0.39 is 0 Å². The Bertz CT molecular complexity index is 561. The quantitative estimate of drug-likeness (QED) is 0.574. The van der Waals surface area contributed by atoms with E-state index >= 15 is 0 Å². The van der Waals surface area contributed by atoms with E-state index in [1.165, 1.54) is 4.46 Å². The third kappa shape index (κ3) is 5.15. The molecule has 0 radical (unpaired) electrons. The SMILES string of the molecule is O=C(/C=C/c1ccc(Br)cc1)C[Se]c1ccccc1. The van der Waals surface area contributed by atoms with E-state index in [0.29, 0.717) is 5.32 Å². The Morgan fingerprint density at radius 1 is 1.05 bits per heavy atom. The summed E-state index contributed by atoms with van der Waals surface area (Å²) >= 11 is 3.61. The van der Waals surface area contributed by atoms with E-state index in [1.54, 1.807) is 6.08 Å². The molecule has 0 unspecified atom stereocenters. The molecule has 0 amide bonds. The van der Waals surface area contributed by atoms with E-state index in [2.05, 4.69) is 28.1 Å². The van der Waals surface area contributed by atoms with Crippen molar-refractivity contribution < 1.29 is 4.79 Å². The maximum atomic E-state index is 11.8. The zero-order chi connectivity index (χ0) is 13.5. The van der Waals surface area contributed by atoms with Crippen molar-refractivity contribution in [2.24, 2.45) is 0 Å². The van der Waals surface area contributed by atoms with Gasteiger partial charge in [-0.3, -0.25) is 0 Å². The summed E-state index contributed by atoms with van der Waals surface area (Å²) < 4.78 is 2.31. The van der Waals surface area contributed by atoms with Crippen LogP contribution in [0.15, 0.2) is 65.1 Å². The van der Waals surface area contributed by atoms with Gasteiger partial charge in [0.05, 0.1) is 0 Å². The molecule has 0 N–H and O–H groups in total. The zero-order valence-electron chi connectivity index (χ0n) is 10.3. The van der Waals surface area contributed by atoms with Gasteiger partial charge in [-0.15, -0.1) is 0 Å². The molecular formula is C16H13BrOSe. The van der Waals surface area contributed by atoms with Gasteiger partial charge in [-0.1, -0.05) is 0 Å². The van der Waals surface area contributed by atoms with Crippen LogP contribution in [-0.2, 0) is 4.79 Å². The molecule has 2 rings (SSSR count). The molecule has 0 atom stereocenters. The second-order valence-corrected chi connectivity index (χ2v) is 7.07. The van der Waals surface area contributed by atoms with Gasteiger partial charge in [0.15, 0.2) is 0 Å². The van der Waals surface area contributed by atoms with Crippen LogP contribution in [0.1, 0.15) is 5.56 Å². The van der Waals surface area contributed by atoms with E-state index in [0.717, 1.165) is 10.0 Å². The Morgan fingerprint density at radius 3 is 2.42 bits per heavy atom. The molecule has 0 aromatic heterocycles. The van der Waals surface area contributed by atoms with E-state index in [4.69, 9.17) is 0 Å². The number of ketones is 1. The van der Waals surface area contributed by atoms with Crippen molar-refractivity contribution in [3.05, 3.63) is 70.7 Å². The van der Waals surface area contributed by atoms with Crippen LogP contribution in [0, 0.1) is 0 Å². The van der Waals surface area contributed by atoms with Gasteiger partial charge < -0.3 is 0 Å². The summed E-state index contributed by atoms with van der Waals surface area (Å²) in [6.45, 7) is 0. The Balaban J connectivity index is 1.86. The van der Waals surface area contributed by atoms with Crippen LogP contribution in [0.5, 0.6) is 0 Å². The number of hydrogen-bond acceptors (Lipinski definition) is 1. The van der Waals surface area contributed by atoms with E-state index in [-0.39, 0.29) is 20.7 Å². The molecule has 0 aliphatic rings. The van der Waals surface area contributed by atoms with Crippen molar-refractivity contribution in [1.29, 1.82) is 0 Å². The molecule has 0 saturated heterocycles. The fourth-order valence-corrected chi connectivity index (χ4v) is 3.33. The van der Waals surface area contributed by atoms with Crippen LogP contribution in [0.4, 0.5) is 0 Å². The molecule has 0 aliphatic heterocycles. The Hall–Kier alpha value is -1.15. The molecule has 1 nitrogen and oxygen atoms in total. The minimum absolute atomic E-state index is 0.187. The van der Waals surface area contributed by atoms with Crippen LogP contribution < -0.4 is 4.46 Å². The van der Waals surface area contributed by atoms with Gasteiger partial charge in [0.1, 0.15) is 0 Å². The van der Waals surface area contributed by atoms with Crippen molar-refractivity contribution in [3.8, 4) is 0 Å². The topological polar surface area (TPSA) is 17.1 Å². The van der Waals surface area contributed by atoms with Gasteiger partial charge in [-0.05, 0) is 0 Å². The third-order valence-electron chi connectivity index (χ3n) is 2.46. The number of benzene rings is 2. The van der Waals surface area contributed by atoms with Gasteiger partial charge in [-0.25, -0.2) is 0 Å². The number of halogens is 1. The van der Waals surface area contributed by atoms with E-state index in [9.17, 15) is 4.79 Å². The molecule has 0 aliphatic carbocycles. The number of allylic oxidation sites excluding steroid dienone is 1. The fourth-order valence-electron chi connectivity index (χ4n) is 1.48. The standard InChI is InChI=1S/C16H13BrOSe/c17-14-9-6-13(7-10-14)8-11-15(18)12-19-16-4-2-1-3-5-16/h1-11H,12H2/b11-8+. The first-order chi connectivity index (χ1) is 9.24. The number of carbonyl (C=O) groups excluding carboxylic acids is 1. The molecule has 19 heavy (non-hydrogen) atoms. The zero-order valence-corrected chi connectivity index (χ0v) is 13.6. The average molecular weight is 380 g/mol. The summed E-state index contributed by atoms with van der Waals surface area (Å²) in [7, 11) is 0. The molecule has 96 valence electrons. The van der Waals surface area contributed by atoms with Crippen LogP contribution in [0.2, 0.25) is 5.32 Å². The minimum atomic E-state index is 0.187. The first-order valence-electron chi connectivity index (χ1n) is 5.88.